The van der Waals surface area contributed by atoms with Gasteiger partial charge in [-0.3, -0.25) is 0 Å². The molecule has 0 aromatic rings. The van der Waals surface area contributed by atoms with Crippen LogP contribution in [-0.2, 0) is 4.79 Å². The molecule has 0 aromatic carbocycles. The summed E-state index contributed by atoms with van der Waals surface area (Å²) in [5, 5.41) is 11.8. The normalized spacial score (nSPS) is 18.5. The number of piperidine rings is 1. The lowest BCUT2D eigenvalue weighted by atomic mass is 9.97. The number of carboxylic acid groups (broad SMARTS) is 1. The van der Waals surface area contributed by atoms with Crippen LogP contribution >= 0.6 is 0 Å². The fourth-order valence-electron chi connectivity index (χ4n) is 2.67. The second-order valence-electron chi connectivity index (χ2n) is 6.60. The molecule has 2 amide bonds. The second-order valence-corrected chi connectivity index (χ2v) is 6.60. The van der Waals surface area contributed by atoms with E-state index in [2.05, 4.69) is 17.3 Å². The smallest absolute Gasteiger partial charge is 0.326 e. The van der Waals surface area contributed by atoms with Gasteiger partial charge in [-0.05, 0) is 51.2 Å². The molecule has 1 rings (SSSR count). The van der Waals surface area contributed by atoms with Crippen LogP contribution in [0.15, 0.2) is 0 Å². The van der Waals surface area contributed by atoms with Crippen molar-refractivity contribution in [2.45, 2.75) is 39.2 Å². The number of urea groups is 1. The maximum atomic E-state index is 12.1. The van der Waals surface area contributed by atoms with Gasteiger partial charge < -0.3 is 20.2 Å². The van der Waals surface area contributed by atoms with Crippen molar-refractivity contribution < 1.29 is 14.7 Å². The van der Waals surface area contributed by atoms with Gasteiger partial charge in [-0.15, -0.1) is 0 Å². The first kappa shape index (κ1) is 17.8. The van der Waals surface area contributed by atoms with Gasteiger partial charge in [0.05, 0.1) is 0 Å². The maximum absolute atomic E-state index is 12.1. The summed E-state index contributed by atoms with van der Waals surface area (Å²) in [5.74, 6) is -0.236. The number of likely N-dealkylation sites (tertiary alicyclic amines) is 1. The molecule has 1 aliphatic heterocycles. The van der Waals surface area contributed by atoms with Gasteiger partial charge in [0.25, 0.3) is 0 Å². The molecule has 0 bridgehead atoms. The molecule has 6 heteroatoms. The van der Waals surface area contributed by atoms with Gasteiger partial charge in [0, 0.05) is 13.6 Å². The maximum Gasteiger partial charge on any atom is 0.326 e. The van der Waals surface area contributed by atoms with E-state index in [9.17, 15) is 9.59 Å². The van der Waals surface area contributed by atoms with Gasteiger partial charge in [-0.1, -0.05) is 13.8 Å². The highest BCUT2D eigenvalue weighted by Gasteiger charge is 2.25. The first-order chi connectivity index (χ1) is 9.79. The van der Waals surface area contributed by atoms with E-state index in [1.165, 1.54) is 0 Å². The van der Waals surface area contributed by atoms with Crippen molar-refractivity contribution in [2.24, 2.45) is 11.8 Å². The van der Waals surface area contributed by atoms with Crippen molar-refractivity contribution in [2.75, 3.05) is 33.7 Å². The first-order valence-corrected chi connectivity index (χ1v) is 7.72. The minimum absolute atomic E-state index is 0.227. The minimum Gasteiger partial charge on any atom is -0.480 e. The largest absolute Gasteiger partial charge is 0.480 e. The number of nitrogens with zero attached hydrogens (tertiary/aromatic N) is 2. The third-order valence-corrected chi connectivity index (χ3v) is 4.02. The molecule has 1 heterocycles. The fourth-order valence-corrected chi connectivity index (χ4v) is 2.67. The second kappa shape index (κ2) is 8.22. The lowest BCUT2D eigenvalue weighted by Crippen LogP contribution is -2.48. The number of amides is 2. The van der Waals surface area contributed by atoms with Crippen LogP contribution in [0.4, 0.5) is 4.79 Å². The average Bonchev–Trinajstić information content (AvgIpc) is 2.39. The number of carbonyl (C=O) groups is 2. The van der Waals surface area contributed by atoms with Crippen LogP contribution < -0.4 is 5.32 Å². The zero-order valence-corrected chi connectivity index (χ0v) is 13.6. The van der Waals surface area contributed by atoms with Gasteiger partial charge in [-0.25, -0.2) is 9.59 Å². The molecular formula is C15H29N3O3. The molecular weight excluding hydrogens is 270 g/mol. The SMILES string of the molecule is CC(C)C[C@@H](NC(=O)N(C)CC1CCN(C)CC1)C(=O)O. The standard InChI is InChI=1S/C15H29N3O3/c1-11(2)9-13(14(19)20)16-15(21)18(4)10-12-5-7-17(3)8-6-12/h11-13H,5-10H2,1-4H3,(H,16,21)(H,19,20)/t13-/m1/s1. The Bertz CT molecular complexity index is 352. The number of carbonyl (C=O) groups excluding carboxylic acids is 1. The topological polar surface area (TPSA) is 72.9 Å². The third kappa shape index (κ3) is 6.33. The third-order valence-electron chi connectivity index (χ3n) is 4.02. The first-order valence-electron chi connectivity index (χ1n) is 7.72. The van der Waals surface area contributed by atoms with E-state index in [0.29, 0.717) is 18.9 Å². The molecule has 1 aliphatic rings. The van der Waals surface area contributed by atoms with E-state index in [1.807, 2.05) is 13.8 Å². The molecule has 0 aromatic heterocycles. The van der Waals surface area contributed by atoms with Crippen LogP contribution in [0.2, 0.25) is 0 Å². The summed E-state index contributed by atoms with van der Waals surface area (Å²) in [6.07, 6.45) is 2.62. The zero-order chi connectivity index (χ0) is 16.0. The van der Waals surface area contributed by atoms with Gasteiger partial charge in [0.2, 0.25) is 0 Å². The Morgan fingerprint density at radius 3 is 2.38 bits per heavy atom. The Kier molecular flexibility index (Phi) is 6.95. The highest BCUT2D eigenvalue weighted by atomic mass is 16.4. The number of carboxylic acids is 1. The molecule has 6 nitrogen and oxygen atoms in total. The molecule has 0 unspecified atom stereocenters. The predicted octanol–water partition coefficient (Wildman–Crippen LogP) is 1.47. The number of rotatable bonds is 6. The Morgan fingerprint density at radius 2 is 1.90 bits per heavy atom. The Balaban J connectivity index is 2.43. The summed E-state index contributed by atoms with van der Waals surface area (Å²) >= 11 is 0. The fraction of sp³-hybridized carbons (Fsp3) is 0.867. The van der Waals surface area contributed by atoms with E-state index in [-0.39, 0.29) is 11.9 Å². The van der Waals surface area contributed by atoms with Crippen molar-refractivity contribution in [3.8, 4) is 0 Å². The lowest BCUT2D eigenvalue weighted by molar-refractivity contribution is -0.139. The summed E-state index contributed by atoms with van der Waals surface area (Å²) in [6, 6.07) is -1.10. The molecule has 0 spiro atoms. The summed E-state index contributed by atoms with van der Waals surface area (Å²) in [7, 11) is 3.85. The summed E-state index contributed by atoms with van der Waals surface area (Å²) < 4.78 is 0. The lowest BCUT2D eigenvalue weighted by Gasteiger charge is -2.32. The molecule has 0 radical (unpaired) electrons. The summed E-state index contributed by atoms with van der Waals surface area (Å²) in [5.41, 5.74) is 0. The van der Waals surface area contributed by atoms with E-state index < -0.39 is 12.0 Å². The monoisotopic (exact) mass is 299 g/mol. The van der Waals surface area contributed by atoms with Gasteiger partial charge >= 0.3 is 12.0 Å². The van der Waals surface area contributed by atoms with Crippen molar-refractivity contribution in [1.29, 1.82) is 0 Å². The molecule has 1 saturated heterocycles. The molecule has 1 fully saturated rings. The number of aliphatic carboxylic acids is 1. The Morgan fingerprint density at radius 1 is 1.33 bits per heavy atom. The van der Waals surface area contributed by atoms with Crippen molar-refractivity contribution >= 4 is 12.0 Å². The number of hydrogen-bond acceptors (Lipinski definition) is 3. The summed E-state index contributed by atoms with van der Waals surface area (Å²) in [4.78, 5) is 27.2. The predicted molar refractivity (Wildman–Crippen MR) is 82.3 cm³/mol. The highest BCUT2D eigenvalue weighted by Crippen LogP contribution is 2.17. The molecule has 21 heavy (non-hydrogen) atoms. The van der Waals surface area contributed by atoms with E-state index >= 15 is 0 Å². The molecule has 122 valence electrons. The zero-order valence-electron chi connectivity index (χ0n) is 13.6. The Labute approximate surface area is 127 Å². The van der Waals surface area contributed by atoms with Crippen LogP contribution in [-0.4, -0.2) is 66.7 Å². The summed E-state index contributed by atoms with van der Waals surface area (Å²) in [6.45, 7) is 6.71. The molecule has 2 N–H and O–H groups in total. The molecule has 1 atom stereocenters. The van der Waals surface area contributed by atoms with E-state index in [1.54, 1.807) is 11.9 Å². The van der Waals surface area contributed by atoms with Gasteiger partial charge in [0.15, 0.2) is 0 Å². The van der Waals surface area contributed by atoms with Crippen molar-refractivity contribution in [1.82, 2.24) is 15.1 Å². The van der Waals surface area contributed by atoms with Crippen LogP contribution in [0.5, 0.6) is 0 Å². The molecule has 0 aliphatic carbocycles. The van der Waals surface area contributed by atoms with Crippen molar-refractivity contribution in [3.05, 3.63) is 0 Å². The van der Waals surface area contributed by atoms with Crippen LogP contribution in [0, 0.1) is 11.8 Å². The van der Waals surface area contributed by atoms with Gasteiger partial charge in [-0.2, -0.15) is 0 Å². The van der Waals surface area contributed by atoms with Crippen LogP contribution in [0.25, 0.3) is 0 Å². The van der Waals surface area contributed by atoms with Crippen LogP contribution in [0.1, 0.15) is 33.1 Å². The van der Waals surface area contributed by atoms with Crippen molar-refractivity contribution in [3.63, 3.8) is 0 Å². The Hall–Kier alpha value is -1.30. The number of hydrogen-bond donors (Lipinski definition) is 2. The minimum atomic E-state index is -0.968. The van der Waals surface area contributed by atoms with E-state index in [4.69, 9.17) is 5.11 Å². The molecule has 0 saturated carbocycles. The quantitative estimate of drug-likeness (QED) is 0.779. The highest BCUT2D eigenvalue weighted by molar-refractivity contribution is 5.82. The van der Waals surface area contributed by atoms with Crippen LogP contribution in [0.3, 0.4) is 0 Å². The average molecular weight is 299 g/mol. The number of nitrogens with one attached hydrogen (secondary N) is 1. The van der Waals surface area contributed by atoms with Gasteiger partial charge in [0.1, 0.15) is 6.04 Å². The van der Waals surface area contributed by atoms with E-state index in [0.717, 1.165) is 25.9 Å².